The van der Waals surface area contributed by atoms with Gasteiger partial charge in [0.25, 0.3) is 0 Å². The van der Waals surface area contributed by atoms with E-state index in [2.05, 4.69) is 20.0 Å². The number of aromatic nitrogens is 2. The summed E-state index contributed by atoms with van der Waals surface area (Å²) in [7, 11) is 1.34. The molecule has 17 heavy (non-hydrogen) atoms. The maximum absolute atomic E-state index is 11.2. The molecule has 0 aliphatic rings. The van der Waals surface area contributed by atoms with Crippen molar-refractivity contribution in [2.45, 2.75) is 32.9 Å². The number of esters is 1. The summed E-state index contributed by atoms with van der Waals surface area (Å²) in [6, 6.07) is -0.483. The standard InChI is InChI=1S/C11H17N3O3/c1-7(2)17-10-6-12-5-9(14-10)13-8(3)11(15)16-4/h5-8H,1-4H3,(H,13,14). The van der Waals surface area contributed by atoms with Crippen LogP contribution in [-0.4, -0.2) is 35.2 Å². The average Bonchev–Trinajstić information content (AvgIpc) is 2.27. The Labute approximate surface area is 100 Å². The summed E-state index contributed by atoms with van der Waals surface area (Å²) in [5.41, 5.74) is 0. The molecule has 1 heterocycles. The highest BCUT2D eigenvalue weighted by molar-refractivity contribution is 5.78. The van der Waals surface area contributed by atoms with Gasteiger partial charge in [-0.1, -0.05) is 0 Å². The molecule has 0 saturated carbocycles. The number of carbonyl (C=O) groups is 1. The van der Waals surface area contributed by atoms with Crippen LogP contribution >= 0.6 is 0 Å². The van der Waals surface area contributed by atoms with Crippen LogP contribution in [0.25, 0.3) is 0 Å². The molecule has 0 aliphatic heterocycles. The Bertz CT molecular complexity index is 382. The van der Waals surface area contributed by atoms with E-state index in [-0.39, 0.29) is 12.1 Å². The summed E-state index contributed by atoms with van der Waals surface area (Å²) >= 11 is 0. The second kappa shape index (κ2) is 6.03. The van der Waals surface area contributed by atoms with Crippen molar-refractivity contribution in [3.63, 3.8) is 0 Å². The summed E-state index contributed by atoms with van der Waals surface area (Å²) in [5.74, 6) is 0.532. The molecule has 0 spiro atoms. The van der Waals surface area contributed by atoms with E-state index in [1.54, 1.807) is 6.92 Å². The summed E-state index contributed by atoms with van der Waals surface area (Å²) in [4.78, 5) is 19.4. The molecule has 6 nitrogen and oxygen atoms in total. The van der Waals surface area contributed by atoms with Gasteiger partial charge in [0.05, 0.1) is 25.6 Å². The molecule has 94 valence electrons. The highest BCUT2D eigenvalue weighted by Gasteiger charge is 2.13. The molecular formula is C11H17N3O3. The number of hydrogen-bond donors (Lipinski definition) is 1. The fourth-order valence-corrected chi connectivity index (χ4v) is 1.17. The van der Waals surface area contributed by atoms with E-state index in [9.17, 15) is 4.79 Å². The molecule has 0 bridgehead atoms. The first-order valence-corrected chi connectivity index (χ1v) is 5.36. The Morgan fingerprint density at radius 2 is 2.06 bits per heavy atom. The molecule has 1 rings (SSSR count). The third kappa shape index (κ3) is 4.26. The van der Waals surface area contributed by atoms with E-state index in [0.717, 1.165) is 0 Å². The largest absolute Gasteiger partial charge is 0.474 e. The summed E-state index contributed by atoms with van der Waals surface area (Å²) in [6.45, 7) is 5.49. The van der Waals surface area contributed by atoms with Crippen LogP contribution in [0.2, 0.25) is 0 Å². The van der Waals surface area contributed by atoms with Gasteiger partial charge < -0.3 is 14.8 Å². The van der Waals surface area contributed by atoms with Gasteiger partial charge in [-0.25, -0.2) is 4.79 Å². The van der Waals surface area contributed by atoms with Crippen LogP contribution in [0, 0.1) is 0 Å². The van der Waals surface area contributed by atoms with Crippen molar-refractivity contribution in [1.82, 2.24) is 9.97 Å². The fraction of sp³-hybridized carbons (Fsp3) is 0.545. The van der Waals surface area contributed by atoms with Gasteiger partial charge in [0.2, 0.25) is 5.88 Å². The fourth-order valence-electron chi connectivity index (χ4n) is 1.17. The lowest BCUT2D eigenvalue weighted by Gasteiger charge is -2.13. The van der Waals surface area contributed by atoms with Crippen LogP contribution in [0.15, 0.2) is 12.4 Å². The second-order valence-electron chi connectivity index (χ2n) is 3.80. The van der Waals surface area contributed by atoms with Gasteiger partial charge in [0, 0.05) is 0 Å². The molecule has 1 atom stereocenters. The predicted octanol–water partition coefficient (Wildman–Crippen LogP) is 1.24. The molecule has 6 heteroatoms. The zero-order valence-corrected chi connectivity index (χ0v) is 10.4. The Kier molecular flexibility index (Phi) is 4.68. The lowest BCUT2D eigenvalue weighted by molar-refractivity contribution is -0.141. The summed E-state index contributed by atoms with van der Waals surface area (Å²) in [6.07, 6.45) is 3.07. The number of nitrogens with one attached hydrogen (secondary N) is 1. The number of nitrogens with zero attached hydrogens (tertiary/aromatic N) is 2. The van der Waals surface area contributed by atoms with Crippen LogP contribution in [0.4, 0.5) is 5.82 Å². The Morgan fingerprint density at radius 1 is 1.35 bits per heavy atom. The second-order valence-corrected chi connectivity index (χ2v) is 3.80. The number of rotatable bonds is 5. The zero-order chi connectivity index (χ0) is 12.8. The Balaban J connectivity index is 2.68. The Hall–Kier alpha value is -1.85. The monoisotopic (exact) mass is 239 g/mol. The van der Waals surface area contributed by atoms with Crippen LogP contribution < -0.4 is 10.1 Å². The summed E-state index contributed by atoms with van der Waals surface area (Å²) in [5, 5.41) is 2.88. The molecule has 1 aromatic rings. The SMILES string of the molecule is COC(=O)C(C)Nc1cncc(OC(C)C)n1. The van der Waals surface area contributed by atoms with Gasteiger partial charge in [0.1, 0.15) is 11.9 Å². The van der Waals surface area contributed by atoms with E-state index in [1.807, 2.05) is 13.8 Å². The van der Waals surface area contributed by atoms with Crippen LogP contribution in [0.1, 0.15) is 20.8 Å². The van der Waals surface area contributed by atoms with Crippen molar-refractivity contribution >= 4 is 11.8 Å². The van der Waals surface area contributed by atoms with E-state index in [4.69, 9.17) is 4.74 Å². The molecule has 1 aromatic heterocycles. The maximum Gasteiger partial charge on any atom is 0.328 e. The minimum atomic E-state index is -0.483. The first-order chi connectivity index (χ1) is 8.02. The number of carbonyl (C=O) groups excluding carboxylic acids is 1. The summed E-state index contributed by atoms with van der Waals surface area (Å²) < 4.78 is 9.99. The predicted molar refractivity (Wildman–Crippen MR) is 62.9 cm³/mol. The highest BCUT2D eigenvalue weighted by atomic mass is 16.5. The first kappa shape index (κ1) is 13.2. The van der Waals surface area contributed by atoms with Crippen molar-refractivity contribution in [2.75, 3.05) is 12.4 Å². The van der Waals surface area contributed by atoms with Crippen molar-refractivity contribution in [1.29, 1.82) is 0 Å². The van der Waals surface area contributed by atoms with Crippen LogP contribution in [-0.2, 0) is 9.53 Å². The zero-order valence-electron chi connectivity index (χ0n) is 10.4. The van der Waals surface area contributed by atoms with E-state index in [1.165, 1.54) is 19.5 Å². The van der Waals surface area contributed by atoms with Gasteiger partial charge in [-0.05, 0) is 20.8 Å². The van der Waals surface area contributed by atoms with Gasteiger partial charge in [-0.3, -0.25) is 4.98 Å². The molecule has 0 aromatic carbocycles. The number of anilines is 1. The van der Waals surface area contributed by atoms with Crippen molar-refractivity contribution in [3.05, 3.63) is 12.4 Å². The van der Waals surface area contributed by atoms with E-state index >= 15 is 0 Å². The molecule has 0 aliphatic carbocycles. The minimum absolute atomic E-state index is 0.0255. The molecule has 1 N–H and O–H groups in total. The van der Waals surface area contributed by atoms with Gasteiger partial charge >= 0.3 is 5.97 Å². The van der Waals surface area contributed by atoms with Gasteiger partial charge in [-0.15, -0.1) is 0 Å². The molecule has 0 saturated heterocycles. The molecule has 0 amide bonds. The molecule has 1 unspecified atom stereocenters. The number of hydrogen-bond acceptors (Lipinski definition) is 6. The normalized spacial score (nSPS) is 12.1. The number of methoxy groups -OCH3 is 1. The molecule has 0 fully saturated rings. The molecular weight excluding hydrogens is 222 g/mol. The van der Waals surface area contributed by atoms with Crippen molar-refractivity contribution in [2.24, 2.45) is 0 Å². The van der Waals surface area contributed by atoms with E-state index < -0.39 is 6.04 Å². The first-order valence-electron chi connectivity index (χ1n) is 5.36. The highest BCUT2D eigenvalue weighted by Crippen LogP contribution is 2.11. The topological polar surface area (TPSA) is 73.3 Å². The van der Waals surface area contributed by atoms with Crippen LogP contribution in [0.3, 0.4) is 0 Å². The van der Waals surface area contributed by atoms with Gasteiger partial charge in [-0.2, -0.15) is 4.98 Å². The van der Waals surface area contributed by atoms with E-state index in [0.29, 0.717) is 11.7 Å². The van der Waals surface area contributed by atoms with Gasteiger partial charge in [0.15, 0.2) is 0 Å². The smallest absolute Gasteiger partial charge is 0.328 e. The van der Waals surface area contributed by atoms with Crippen molar-refractivity contribution < 1.29 is 14.3 Å². The molecule has 0 radical (unpaired) electrons. The lowest BCUT2D eigenvalue weighted by Crippen LogP contribution is -2.27. The average molecular weight is 239 g/mol. The Morgan fingerprint density at radius 3 is 2.65 bits per heavy atom. The van der Waals surface area contributed by atoms with Crippen LogP contribution in [0.5, 0.6) is 5.88 Å². The minimum Gasteiger partial charge on any atom is -0.474 e. The van der Waals surface area contributed by atoms with Crippen molar-refractivity contribution in [3.8, 4) is 5.88 Å². The third-order valence-electron chi connectivity index (χ3n) is 1.89. The maximum atomic E-state index is 11.2. The quantitative estimate of drug-likeness (QED) is 0.779. The lowest BCUT2D eigenvalue weighted by atomic mass is 10.3. The third-order valence-corrected chi connectivity index (χ3v) is 1.89. The number of ether oxygens (including phenoxy) is 2.